The highest BCUT2D eigenvalue weighted by atomic mass is 16.5. The van der Waals surface area contributed by atoms with Crippen LogP contribution in [0.2, 0.25) is 0 Å². The van der Waals surface area contributed by atoms with Crippen molar-refractivity contribution in [2.45, 2.75) is 45.8 Å². The molecule has 1 N–H and O–H groups in total. The number of hydrogen-bond donors (Lipinski definition) is 1. The Bertz CT molecular complexity index is 1580. The first-order chi connectivity index (χ1) is 19.1. The molecule has 0 fully saturated rings. The van der Waals surface area contributed by atoms with Crippen LogP contribution in [-0.4, -0.2) is 43.7 Å². The third-order valence-corrected chi connectivity index (χ3v) is 7.25. The van der Waals surface area contributed by atoms with Crippen molar-refractivity contribution < 1.29 is 4.74 Å². The maximum atomic E-state index is 13.2. The average molecular weight is 523 g/mol. The van der Waals surface area contributed by atoms with Gasteiger partial charge in [-0.3, -0.25) is 9.69 Å². The quantitative estimate of drug-likeness (QED) is 0.260. The molecule has 5 rings (SSSR count). The maximum Gasteiger partial charge on any atom is 0.252 e. The van der Waals surface area contributed by atoms with Crippen LogP contribution in [0.15, 0.2) is 83.7 Å². The molecule has 0 bridgehead atoms. The number of tetrazole rings is 1. The van der Waals surface area contributed by atoms with E-state index in [0.717, 1.165) is 58.6 Å². The minimum atomic E-state index is -0.0745. The Balaban J connectivity index is 1.47. The number of rotatable bonds is 11. The second-order valence-corrected chi connectivity index (χ2v) is 9.84. The molecule has 1 atom stereocenters. The van der Waals surface area contributed by atoms with E-state index in [1.54, 1.807) is 7.11 Å². The Hall–Kier alpha value is -4.30. The van der Waals surface area contributed by atoms with Gasteiger partial charge in [0.05, 0.1) is 25.2 Å². The van der Waals surface area contributed by atoms with Crippen molar-refractivity contribution in [2.24, 2.45) is 0 Å². The minimum Gasteiger partial charge on any atom is -0.497 e. The predicted molar refractivity (Wildman–Crippen MR) is 153 cm³/mol. The van der Waals surface area contributed by atoms with Gasteiger partial charge >= 0.3 is 0 Å². The predicted octanol–water partition coefficient (Wildman–Crippen LogP) is 5.08. The van der Waals surface area contributed by atoms with Crippen LogP contribution in [0.1, 0.15) is 47.5 Å². The van der Waals surface area contributed by atoms with Crippen molar-refractivity contribution in [3.8, 4) is 5.75 Å². The van der Waals surface area contributed by atoms with E-state index in [0.29, 0.717) is 13.1 Å². The lowest BCUT2D eigenvalue weighted by Gasteiger charge is -2.30. The molecule has 0 aliphatic carbocycles. The molecule has 39 heavy (non-hydrogen) atoms. The number of aromatic amines is 1. The Morgan fingerprint density at radius 2 is 1.79 bits per heavy atom. The van der Waals surface area contributed by atoms with Crippen LogP contribution < -0.4 is 10.3 Å². The second kappa shape index (κ2) is 12.0. The van der Waals surface area contributed by atoms with Crippen LogP contribution in [0.5, 0.6) is 5.75 Å². The van der Waals surface area contributed by atoms with Crippen molar-refractivity contribution in [3.05, 3.63) is 117 Å². The van der Waals surface area contributed by atoms with Crippen LogP contribution in [0.3, 0.4) is 0 Å². The first kappa shape index (κ1) is 26.3. The van der Waals surface area contributed by atoms with E-state index in [9.17, 15) is 4.79 Å². The molecule has 3 aromatic carbocycles. The number of methoxy groups -OCH3 is 1. The van der Waals surface area contributed by atoms with Crippen LogP contribution in [0, 0.1) is 6.92 Å². The third-order valence-electron chi connectivity index (χ3n) is 7.25. The fourth-order valence-corrected chi connectivity index (χ4v) is 5.10. The molecular formula is C31H34N6O2. The number of para-hydroxylation sites is 1. The maximum absolute atomic E-state index is 13.2. The molecule has 0 unspecified atom stereocenters. The molecule has 0 saturated heterocycles. The van der Waals surface area contributed by atoms with Crippen molar-refractivity contribution in [1.82, 2.24) is 30.1 Å². The average Bonchev–Trinajstić information content (AvgIpc) is 3.41. The highest BCUT2D eigenvalue weighted by Gasteiger charge is 2.26. The van der Waals surface area contributed by atoms with Gasteiger partial charge in [0.2, 0.25) is 0 Å². The molecule has 5 aromatic rings. The zero-order valence-electron chi connectivity index (χ0n) is 22.7. The lowest BCUT2D eigenvalue weighted by atomic mass is 10.1. The summed E-state index contributed by atoms with van der Waals surface area (Å²) in [4.78, 5) is 18.7. The number of aromatic nitrogens is 5. The first-order valence-corrected chi connectivity index (χ1v) is 13.3. The van der Waals surface area contributed by atoms with E-state index in [4.69, 9.17) is 4.74 Å². The summed E-state index contributed by atoms with van der Waals surface area (Å²) in [5.74, 6) is 1.60. The van der Waals surface area contributed by atoms with Gasteiger partial charge in [0, 0.05) is 18.7 Å². The van der Waals surface area contributed by atoms with Gasteiger partial charge in [-0.15, -0.1) is 5.10 Å². The highest BCUT2D eigenvalue weighted by molar-refractivity contribution is 5.81. The van der Waals surface area contributed by atoms with Gasteiger partial charge in [-0.2, -0.15) is 0 Å². The number of aryl methyl sites for hydroxylation is 1. The molecule has 0 radical (unpaired) electrons. The summed E-state index contributed by atoms with van der Waals surface area (Å²) in [7, 11) is 1.66. The molecule has 2 aromatic heterocycles. The topological polar surface area (TPSA) is 88.9 Å². The summed E-state index contributed by atoms with van der Waals surface area (Å²) < 4.78 is 7.16. The Kier molecular flexibility index (Phi) is 8.13. The molecule has 8 heteroatoms. The van der Waals surface area contributed by atoms with Crippen LogP contribution in [0.25, 0.3) is 10.9 Å². The van der Waals surface area contributed by atoms with Crippen molar-refractivity contribution >= 4 is 10.9 Å². The fourth-order valence-electron chi connectivity index (χ4n) is 5.10. The number of nitrogens with one attached hydrogen (secondary N) is 1. The summed E-state index contributed by atoms with van der Waals surface area (Å²) in [5, 5.41) is 13.9. The van der Waals surface area contributed by atoms with Gasteiger partial charge in [0.1, 0.15) is 5.75 Å². The second-order valence-electron chi connectivity index (χ2n) is 9.84. The SMILES string of the molecule is CC[C@@H](c1nnnn1Cc1ccc(OC)cc1)N(CCc1ccccc1)Cc1cc2cccc(C)c2[nH]c1=O. The minimum absolute atomic E-state index is 0.0609. The molecule has 0 saturated carbocycles. The Labute approximate surface area is 228 Å². The zero-order chi connectivity index (χ0) is 27.2. The van der Waals surface area contributed by atoms with Crippen LogP contribution in [0.4, 0.5) is 0 Å². The number of hydrogen-bond acceptors (Lipinski definition) is 6. The summed E-state index contributed by atoms with van der Waals surface area (Å²) in [6.07, 6.45) is 1.64. The van der Waals surface area contributed by atoms with E-state index < -0.39 is 0 Å². The number of H-pyrrole nitrogens is 1. The monoisotopic (exact) mass is 522 g/mol. The van der Waals surface area contributed by atoms with E-state index in [1.807, 2.05) is 66.2 Å². The van der Waals surface area contributed by atoms with Crippen molar-refractivity contribution in [2.75, 3.05) is 13.7 Å². The summed E-state index contributed by atoms with van der Waals surface area (Å²) in [6, 6.07) is 26.4. The molecule has 200 valence electrons. The highest BCUT2D eigenvalue weighted by Crippen LogP contribution is 2.26. The van der Waals surface area contributed by atoms with Crippen molar-refractivity contribution in [3.63, 3.8) is 0 Å². The van der Waals surface area contributed by atoms with Crippen LogP contribution in [-0.2, 0) is 19.5 Å². The van der Waals surface area contributed by atoms with Gasteiger partial charge in [0.25, 0.3) is 5.56 Å². The Morgan fingerprint density at radius 1 is 1.00 bits per heavy atom. The fraction of sp³-hybridized carbons (Fsp3) is 0.290. The largest absolute Gasteiger partial charge is 0.497 e. The van der Waals surface area contributed by atoms with Gasteiger partial charge in [-0.05, 0) is 70.5 Å². The lowest BCUT2D eigenvalue weighted by Crippen LogP contribution is -2.34. The van der Waals surface area contributed by atoms with Crippen molar-refractivity contribution in [1.29, 1.82) is 0 Å². The Morgan fingerprint density at radius 3 is 2.54 bits per heavy atom. The van der Waals surface area contributed by atoms with Gasteiger partial charge < -0.3 is 9.72 Å². The van der Waals surface area contributed by atoms with E-state index in [2.05, 4.69) is 56.6 Å². The molecular weight excluding hydrogens is 488 g/mol. The molecule has 2 heterocycles. The number of pyridine rings is 1. The third kappa shape index (κ3) is 6.07. The summed E-state index contributed by atoms with van der Waals surface area (Å²) in [5.41, 5.74) is 4.94. The van der Waals surface area contributed by atoms with E-state index in [-0.39, 0.29) is 11.6 Å². The number of benzene rings is 3. The summed E-state index contributed by atoms with van der Waals surface area (Å²) >= 11 is 0. The van der Waals surface area contributed by atoms with Gasteiger partial charge in [-0.1, -0.05) is 67.6 Å². The number of ether oxygens (including phenoxy) is 1. The molecule has 8 nitrogen and oxygen atoms in total. The molecule has 0 spiro atoms. The van der Waals surface area contributed by atoms with E-state index >= 15 is 0 Å². The molecule has 0 aliphatic heterocycles. The number of nitrogens with zero attached hydrogens (tertiary/aromatic N) is 5. The summed E-state index contributed by atoms with van der Waals surface area (Å²) in [6.45, 7) is 5.94. The van der Waals surface area contributed by atoms with Gasteiger partial charge in [-0.25, -0.2) is 4.68 Å². The normalized spacial score (nSPS) is 12.2. The van der Waals surface area contributed by atoms with E-state index in [1.165, 1.54) is 5.56 Å². The molecule has 0 aliphatic rings. The van der Waals surface area contributed by atoms with Crippen LogP contribution >= 0.6 is 0 Å². The van der Waals surface area contributed by atoms with Gasteiger partial charge in [0.15, 0.2) is 5.82 Å². The lowest BCUT2D eigenvalue weighted by molar-refractivity contribution is 0.172. The smallest absolute Gasteiger partial charge is 0.252 e. The standard InChI is InChI=1S/C31H34N6O2/c1-4-28(30-33-34-35-37(30)20-24-13-15-27(39-3)16-14-24)36(18-17-23-10-6-5-7-11-23)21-26-19-25-12-8-9-22(2)29(25)32-31(26)38/h5-16,19,28H,4,17-18,20-21H2,1-3H3,(H,32,38)/t28-/m0/s1. The molecule has 0 amide bonds. The first-order valence-electron chi connectivity index (χ1n) is 13.3. The number of fused-ring (bicyclic) bond motifs is 1. The zero-order valence-corrected chi connectivity index (χ0v) is 22.7.